The Hall–Kier alpha value is -2.32. The monoisotopic (exact) mass is 375 g/mol. The van der Waals surface area contributed by atoms with Crippen LogP contribution in [0.2, 0.25) is 0 Å². The molecule has 130 valence electrons. The number of thiazole rings is 1. The number of carbonyl (C=O) groups excluding carboxylic acids is 1. The van der Waals surface area contributed by atoms with Crippen LogP contribution < -0.4 is 0 Å². The predicted octanol–water partition coefficient (Wildman–Crippen LogP) is 2.59. The number of benzene rings is 1. The van der Waals surface area contributed by atoms with E-state index in [1.165, 1.54) is 23.1 Å². The van der Waals surface area contributed by atoms with E-state index in [0.717, 1.165) is 22.5 Å². The number of rotatable bonds is 6. The van der Waals surface area contributed by atoms with Gasteiger partial charge in [0.05, 0.1) is 24.0 Å². The minimum atomic E-state index is -3.35. The summed E-state index contributed by atoms with van der Waals surface area (Å²) < 4.78 is 24.0. The maximum Gasteiger partial charge on any atom is 0.181 e. The van der Waals surface area contributed by atoms with Crippen molar-refractivity contribution in [2.24, 2.45) is 0 Å². The lowest BCUT2D eigenvalue weighted by Gasteiger charge is -1.99. The van der Waals surface area contributed by atoms with Crippen LogP contribution in [-0.2, 0) is 16.4 Å². The summed E-state index contributed by atoms with van der Waals surface area (Å²) >= 11 is 1.52. The molecule has 0 saturated heterocycles. The van der Waals surface area contributed by atoms with Crippen LogP contribution in [0.4, 0.5) is 0 Å². The molecule has 0 N–H and O–H groups in total. The molecule has 0 saturated carbocycles. The van der Waals surface area contributed by atoms with Crippen molar-refractivity contribution in [3.05, 3.63) is 58.2 Å². The highest BCUT2D eigenvalue weighted by atomic mass is 32.2. The first-order chi connectivity index (χ1) is 11.8. The van der Waals surface area contributed by atoms with Gasteiger partial charge in [0, 0.05) is 23.4 Å². The third kappa shape index (κ3) is 4.61. The van der Waals surface area contributed by atoms with E-state index in [0.29, 0.717) is 12.1 Å². The third-order valence-corrected chi connectivity index (χ3v) is 5.13. The lowest BCUT2D eigenvalue weighted by atomic mass is 10.1. The van der Waals surface area contributed by atoms with Gasteiger partial charge in [0.15, 0.2) is 15.6 Å². The second-order valence-electron chi connectivity index (χ2n) is 5.92. The Morgan fingerprint density at radius 2 is 2.12 bits per heavy atom. The molecular weight excluding hydrogens is 358 g/mol. The molecule has 2 heterocycles. The number of carbonyl (C=O) groups is 1. The van der Waals surface area contributed by atoms with Crippen LogP contribution in [0.1, 0.15) is 20.9 Å². The van der Waals surface area contributed by atoms with Gasteiger partial charge in [-0.25, -0.2) is 13.4 Å². The Morgan fingerprint density at radius 3 is 2.84 bits per heavy atom. The Labute approximate surface area is 150 Å². The molecule has 6 nitrogen and oxygen atoms in total. The number of sulfone groups is 1. The zero-order valence-electron chi connectivity index (χ0n) is 13.8. The van der Waals surface area contributed by atoms with Crippen molar-refractivity contribution in [2.75, 3.05) is 12.0 Å². The van der Waals surface area contributed by atoms with Gasteiger partial charge in [0.2, 0.25) is 0 Å². The summed E-state index contributed by atoms with van der Waals surface area (Å²) in [7, 11) is -3.35. The molecule has 0 aliphatic carbocycles. The summed E-state index contributed by atoms with van der Waals surface area (Å²) in [6, 6.07) is 8.13. The highest BCUT2D eigenvalue weighted by molar-refractivity contribution is 7.91. The molecular formula is C17H17N3O3S2. The predicted molar refractivity (Wildman–Crippen MR) is 97.7 cm³/mol. The van der Waals surface area contributed by atoms with E-state index in [-0.39, 0.29) is 0 Å². The van der Waals surface area contributed by atoms with Gasteiger partial charge in [-0.3, -0.25) is 9.48 Å². The molecule has 0 unspecified atom stereocenters. The van der Waals surface area contributed by atoms with E-state index in [4.69, 9.17) is 0 Å². The number of ketones is 1. The van der Waals surface area contributed by atoms with Gasteiger partial charge in [0.1, 0.15) is 10.8 Å². The first-order valence-corrected chi connectivity index (χ1v) is 10.5. The van der Waals surface area contributed by atoms with E-state index >= 15 is 0 Å². The average Bonchev–Trinajstić information content (AvgIpc) is 3.15. The molecule has 25 heavy (non-hydrogen) atoms. The van der Waals surface area contributed by atoms with Crippen molar-refractivity contribution >= 4 is 27.0 Å². The third-order valence-electron chi connectivity index (χ3n) is 3.51. The van der Waals surface area contributed by atoms with Gasteiger partial charge in [-0.2, -0.15) is 5.10 Å². The summed E-state index contributed by atoms with van der Waals surface area (Å²) in [6.07, 6.45) is 3.99. The van der Waals surface area contributed by atoms with Crippen molar-refractivity contribution in [3.63, 3.8) is 0 Å². The van der Waals surface area contributed by atoms with Gasteiger partial charge in [-0.1, -0.05) is 23.8 Å². The molecule has 0 fully saturated rings. The van der Waals surface area contributed by atoms with Crippen LogP contribution in [0.5, 0.6) is 0 Å². The highest BCUT2D eigenvalue weighted by Crippen LogP contribution is 2.23. The number of aromatic nitrogens is 3. The number of aryl methyl sites for hydroxylation is 1. The standard InChI is InChI=1S/C17H17N3O3S2/c1-12-4-3-5-13(6-12)15-10-24-17(19-15)9-20-8-14(7-18-20)16(21)11-25(2,22)23/h3-8,10H,9,11H2,1-2H3. The molecule has 0 aliphatic rings. The van der Waals surface area contributed by atoms with E-state index in [9.17, 15) is 13.2 Å². The second-order valence-corrected chi connectivity index (χ2v) is 9.00. The lowest BCUT2D eigenvalue weighted by molar-refractivity contribution is 0.102. The maximum atomic E-state index is 11.9. The zero-order valence-corrected chi connectivity index (χ0v) is 15.5. The fourth-order valence-corrected chi connectivity index (χ4v) is 3.81. The van der Waals surface area contributed by atoms with Crippen LogP contribution in [0.15, 0.2) is 42.0 Å². The summed E-state index contributed by atoms with van der Waals surface area (Å²) in [5.41, 5.74) is 3.44. The van der Waals surface area contributed by atoms with Gasteiger partial charge in [-0.05, 0) is 13.0 Å². The number of nitrogens with zero attached hydrogens (tertiary/aromatic N) is 3. The summed E-state index contributed by atoms with van der Waals surface area (Å²) in [5.74, 6) is -0.957. The van der Waals surface area contributed by atoms with Crippen LogP contribution in [-0.4, -0.2) is 41.0 Å². The molecule has 3 aromatic rings. The maximum absolute atomic E-state index is 11.9. The van der Waals surface area contributed by atoms with Crippen LogP contribution in [0.3, 0.4) is 0 Å². The Bertz CT molecular complexity index is 1020. The molecule has 1 aromatic carbocycles. The molecule has 0 bridgehead atoms. The Kier molecular flexibility index (Phi) is 4.82. The molecule has 8 heteroatoms. The summed E-state index contributed by atoms with van der Waals surface area (Å²) in [5, 5.41) is 6.98. The average molecular weight is 375 g/mol. The Balaban J connectivity index is 1.73. The van der Waals surface area contributed by atoms with E-state index in [1.54, 1.807) is 10.9 Å². The van der Waals surface area contributed by atoms with Crippen molar-refractivity contribution in [1.29, 1.82) is 0 Å². The molecule has 0 radical (unpaired) electrons. The van der Waals surface area contributed by atoms with Crippen LogP contribution in [0, 0.1) is 6.92 Å². The van der Waals surface area contributed by atoms with E-state index in [2.05, 4.69) is 16.1 Å². The number of Topliss-reactive ketones (excluding diaryl/α,β-unsaturated/α-hetero) is 1. The van der Waals surface area contributed by atoms with E-state index < -0.39 is 21.4 Å². The zero-order chi connectivity index (χ0) is 18.0. The SMILES string of the molecule is Cc1cccc(-c2csc(Cn3cc(C(=O)CS(C)(=O)=O)cn3)n2)c1. The van der Waals surface area contributed by atoms with Crippen molar-refractivity contribution in [1.82, 2.24) is 14.8 Å². The topological polar surface area (TPSA) is 81.9 Å². The molecule has 2 aromatic heterocycles. The van der Waals surface area contributed by atoms with Gasteiger partial charge >= 0.3 is 0 Å². The minimum Gasteiger partial charge on any atom is -0.293 e. The fraction of sp³-hybridized carbons (Fsp3) is 0.235. The minimum absolute atomic E-state index is 0.292. The first-order valence-electron chi connectivity index (χ1n) is 7.55. The summed E-state index contributed by atoms with van der Waals surface area (Å²) in [6.45, 7) is 2.47. The normalized spacial score (nSPS) is 11.6. The summed E-state index contributed by atoms with van der Waals surface area (Å²) in [4.78, 5) is 16.5. The lowest BCUT2D eigenvalue weighted by Crippen LogP contribution is -2.14. The fourth-order valence-electron chi connectivity index (χ4n) is 2.37. The van der Waals surface area contributed by atoms with Crippen molar-refractivity contribution in [3.8, 4) is 11.3 Å². The molecule has 3 rings (SSSR count). The number of hydrogen-bond acceptors (Lipinski definition) is 6. The number of hydrogen-bond donors (Lipinski definition) is 0. The van der Waals surface area contributed by atoms with E-state index in [1.807, 2.05) is 30.5 Å². The van der Waals surface area contributed by atoms with Crippen LogP contribution >= 0.6 is 11.3 Å². The molecule has 0 aliphatic heterocycles. The highest BCUT2D eigenvalue weighted by Gasteiger charge is 2.15. The molecule has 0 amide bonds. The van der Waals surface area contributed by atoms with Gasteiger partial charge in [-0.15, -0.1) is 11.3 Å². The largest absolute Gasteiger partial charge is 0.293 e. The molecule has 0 spiro atoms. The quantitative estimate of drug-likeness (QED) is 0.619. The van der Waals surface area contributed by atoms with Gasteiger partial charge < -0.3 is 0 Å². The smallest absolute Gasteiger partial charge is 0.181 e. The van der Waals surface area contributed by atoms with Crippen molar-refractivity contribution < 1.29 is 13.2 Å². The van der Waals surface area contributed by atoms with Crippen LogP contribution in [0.25, 0.3) is 11.3 Å². The second kappa shape index (κ2) is 6.89. The van der Waals surface area contributed by atoms with Gasteiger partial charge in [0.25, 0.3) is 0 Å². The Morgan fingerprint density at radius 1 is 1.32 bits per heavy atom. The first kappa shape index (κ1) is 17.5. The molecule has 0 atom stereocenters. The van der Waals surface area contributed by atoms with Crippen molar-refractivity contribution in [2.45, 2.75) is 13.5 Å².